The molecule has 2 N–H and O–H groups in total. The molecule has 1 aromatic rings. The largest absolute Gasteiger partial charge is 0.391 e. The molecule has 0 aromatic heterocycles. The number of benzene rings is 1. The van der Waals surface area contributed by atoms with Crippen LogP contribution in [0.3, 0.4) is 0 Å². The number of carbonyl (C=O) groups is 2. The number of carbonyl (C=O) groups excluding carboxylic acids is 2. The van der Waals surface area contributed by atoms with E-state index >= 15 is 0 Å². The minimum atomic E-state index is -0.893. The van der Waals surface area contributed by atoms with Crippen LogP contribution in [-0.2, 0) is 22.4 Å². The Morgan fingerprint density at radius 3 is 2.22 bits per heavy atom. The van der Waals surface area contributed by atoms with Gasteiger partial charge in [-0.05, 0) is 43.7 Å². The summed E-state index contributed by atoms with van der Waals surface area (Å²) in [6.07, 6.45) is 2.49. The molecule has 2 aliphatic rings. The maximum absolute atomic E-state index is 12.8. The smallest absolute Gasteiger partial charge is 0.247 e. The van der Waals surface area contributed by atoms with Crippen molar-refractivity contribution < 1.29 is 14.7 Å². The normalized spacial score (nSPS) is 20.2. The Bertz CT molecular complexity index is 569. The second-order valence-corrected chi connectivity index (χ2v) is 6.60. The molecule has 5 nitrogen and oxygen atoms in total. The van der Waals surface area contributed by atoms with Crippen molar-refractivity contribution in [3.05, 3.63) is 35.4 Å². The highest BCUT2D eigenvalue weighted by Crippen LogP contribution is 2.29. The third kappa shape index (κ3) is 3.72. The van der Waals surface area contributed by atoms with Crippen molar-refractivity contribution in [2.45, 2.75) is 44.8 Å². The van der Waals surface area contributed by atoms with Gasteiger partial charge in [-0.2, -0.15) is 0 Å². The van der Waals surface area contributed by atoms with Gasteiger partial charge in [-0.1, -0.05) is 24.3 Å². The van der Waals surface area contributed by atoms with Crippen LogP contribution in [0.2, 0.25) is 0 Å². The fraction of sp³-hybridized carbons (Fsp3) is 0.556. The zero-order valence-corrected chi connectivity index (χ0v) is 13.5. The molecule has 1 fully saturated rings. The Morgan fingerprint density at radius 2 is 1.74 bits per heavy atom. The quantitative estimate of drug-likeness (QED) is 0.867. The number of hydrogen-bond acceptors (Lipinski definition) is 3. The number of amides is 2. The number of aliphatic hydroxyl groups is 1. The van der Waals surface area contributed by atoms with Gasteiger partial charge in [0.2, 0.25) is 11.8 Å². The molecule has 1 saturated carbocycles. The number of aliphatic hydroxyl groups excluding tert-OH is 1. The van der Waals surface area contributed by atoms with Crippen molar-refractivity contribution in [3.8, 4) is 0 Å². The van der Waals surface area contributed by atoms with Crippen LogP contribution in [0.15, 0.2) is 24.3 Å². The van der Waals surface area contributed by atoms with Gasteiger partial charge in [0.05, 0.1) is 6.10 Å². The number of nitrogens with zero attached hydrogens (tertiary/aromatic N) is 1. The summed E-state index contributed by atoms with van der Waals surface area (Å²) in [6.45, 7) is 2.80. The van der Waals surface area contributed by atoms with E-state index in [1.54, 1.807) is 11.8 Å². The average Bonchev–Trinajstić information content (AvgIpc) is 3.37. The monoisotopic (exact) mass is 316 g/mol. The highest BCUT2D eigenvalue weighted by atomic mass is 16.3. The summed E-state index contributed by atoms with van der Waals surface area (Å²) in [5.74, 6) is -0.262. The van der Waals surface area contributed by atoms with Crippen molar-refractivity contribution in [3.63, 3.8) is 0 Å². The Labute approximate surface area is 136 Å². The van der Waals surface area contributed by atoms with E-state index in [9.17, 15) is 14.7 Å². The third-order valence-corrected chi connectivity index (χ3v) is 4.73. The highest BCUT2D eigenvalue weighted by molar-refractivity contribution is 5.89. The van der Waals surface area contributed by atoms with Crippen LogP contribution in [0.25, 0.3) is 0 Å². The van der Waals surface area contributed by atoms with Gasteiger partial charge in [0.15, 0.2) is 0 Å². The van der Waals surface area contributed by atoms with Crippen LogP contribution in [0.4, 0.5) is 0 Å². The summed E-state index contributed by atoms with van der Waals surface area (Å²) in [5, 5.41) is 12.7. The van der Waals surface area contributed by atoms with E-state index in [1.165, 1.54) is 11.1 Å². The first-order valence-corrected chi connectivity index (χ1v) is 8.40. The molecule has 1 heterocycles. The maximum Gasteiger partial charge on any atom is 0.247 e. The summed E-state index contributed by atoms with van der Waals surface area (Å²) < 4.78 is 0. The Morgan fingerprint density at radius 1 is 1.17 bits per heavy atom. The molecule has 0 radical (unpaired) electrons. The van der Waals surface area contributed by atoms with Gasteiger partial charge in [0.1, 0.15) is 6.04 Å². The van der Waals surface area contributed by atoms with Crippen LogP contribution in [-0.4, -0.2) is 47.1 Å². The fourth-order valence-corrected chi connectivity index (χ4v) is 3.09. The number of nitrogens with one attached hydrogen (secondary N) is 1. The molecular weight excluding hydrogens is 292 g/mol. The maximum atomic E-state index is 12.8. The Kier molecular flexibility index (Phi) is 4.66. The van der Waals surface area contributed by atoms with E-state index in [0.29, 0.717) is 13.1 Å². The van der Waals surface area contributed by atoms with Crippen molar-refractivity contribution >= 4 is 11.8 Å². The van der Waals surface area contributed by atoms with Crippen molar-refractivity contribution in [2.24, 2.45) is 5.92 Å². The van der Waals surface area contributed by atoms with Crippen LogP contribution in [0, 0.1) is 5.92 Å². The fourth-order valence-electron chi connectivity index (χ4n) is 3.09. The third-order valence-electron chi connectivity index (χ3n) is 4.73. The van der Waals surface area contributed by atoms with Gasteiger partial charge in [-0.3, -0.25) is 9.59 Å². The molecule has 2 amide bonds. The lowest BCUT2D eigenvalue weighted by Crippen LogP contribution is -2.54. The zero-order valence-electron chi connectivity index (χ0n) is 13.5. The van der Waals surface area contributed by atoms with Crippen LogP contribution < -0.4 is 5.32 Å². The lowest BCUT2D eigenvalue weighted by Gasteiger charge is -2.28. The highest BCUT2D eigenvalue weighted by Gasteiger charge is 2.36. The second-order valence-electron chi connectivity index (χ2n) is 6.60. The molecular formula is C18H24N2O3. The van der Waals surface area contributed by atoms with E-state index in [4.69, 9.17) is 0 Å². The summed E-state index contributed by atoms with van der Waals surface area (Å²) in [5.41, 5.74) is 2.55. The van der Waals surface area contributed by atoms with E-state index < -0.39 is 12.1 Å². The molecule has 23 heavy (non-hydrogen) atoms. The first kappa shape index (κ1) is 16.0. The molecule has 0 saturated heterocycles. The molecule has 124 valence electrons. The summed E-state index contributed by atoms with van der Waals surface area (Å²) >= 11 is 0. The molecule has 2 unspecified atom stereocenters. The topological polar surface area (TPSA) is 69.6 Å². The van der Waals surface area contributed by atoms with Crippen LogP contribution in [0.5, 0.6) is 0 Å². The predicted octanol–water partition coefficient (Wildman–Crippen LogP) is 0.889. The summed E-state index contributed by atoms with van der Waals surface area (Å²) in [4.78, 5) is 26.5. The number of hydrogen-bond donors (Lipinski definition) is 2. The summed E-state index contributed by atoms with van der Waals surface area (Å²) in [6, 6.07) is 7.40. The molecule has 3 rings (SSSR count). The first-order chi connectivity index (χ1) is 11.1. The van der Waals surface area contributed by atoms with Crippen LogP contribution >= 0.6 is 0 Å². The molecule has 1 aliphatic carbocycles. The van der Waals surface area contributed by atoms with Gasteiger partial charge in [0.25, 0.3) is 0 Å². The molecule has 0 bridgehead atoms. The van der Waals surface area contributed by atoms with Crippen LogP contribution in [0.1, 0.15) is 30.9 Å². The average molecular weight is 316 g/mol. The minimum Gasteiger partial charge on any atom is -0.391 e. The lowest BCUT2D eigenvalue weighted by atomic mass is 10.0. The Hall–Kier alpha value is -1.88. The van der Waals surface area contributed by atoms with Gasteiger partial charge < -0.3 is 15.3 Å². The van der Waals surface area contributed by atoms with Gasteiger partial charge in [-0.25, -0.2) is 0 Å². The van der Waals surface area contributed by atoms with Crippen molar-refractivity contribution in [2.75, 3.05) is 13.1 Å². The number of fused-ring (bicyclic) bond motifs is 1. The predicted molar refractivity (Wildman–Crippen MR) is 86.8 cm³/mol. The Balaban J connectivity index is 1.67. The van der Waals surface area contributed by atoms with Crippen molar-refractivity contribution in [1.82, 2.24) is 10.2 Å². The molecule has 1 aliphatic heterocycles. The first-order valence-electron chi connectivity index (χ1n) is 8.40. The van der Waals surface area contributed by atoms with E-state index in [0.717, 1.165) is 25.7 Å². The number of rotatable bonds is 4. The lowest BCUT2D eigenvalue weighted by molar-refractivity contribution is -0.139. The van der Waals surface area contributed by atoms with Gasteiger partial charge >= 0.3 is 0 Å². The second kappa shape index (κ2) is 6.71. The van der Waals surface area contributed by atoms with Gasteiger partial charge in [-0.15, -0.1) is 0 Å². The van der Waals surface area contributed by atoms with Gasteiger partial charge in [0, 0.05) is 19.0 Å². The van der Waals surface area contributed by atoms with E-state index in [1.807, 2.05) is 12.1 Å². The molecule has 2 atom stereocenters. The minimum absolute atomic E-state index is 0.0254. The summed E-state index contributed by atoms with van der Waals surface area (Å²) in [7, 11) is 0. The van der Waals surface area contributed by atoms with E-state index in [-0.39, 0.29) is 17.7 Å². The van der Waals surface area contributed by atoms with E-state index in [2.05, 4.69) is 17.4 Å². The molecule has 1 aromatic carbocycles. The molecule has 5 heteroatoms. The molecule has 0 spiro atoms. The SMILES string of the molecule is CC(O)C(NC(=O)C1CC1)C(=O)N1CCc2ccccc2CC1. The standard InChI is InChI=1S/C18H24N2O3/c1-12(21)16(19-17(22)15-6-7-15)18(23)20-10-8-13-4-2-3-5-14(13)9-11-20/h2-5,12,15-16,21H,6-11H2,1H3,(H,19,22). The van der Waals surface area contributed by atoms with Crippen molar-refractivity contribution in [1.29, 1.82) is 0 Å². The zero-order chi connectivity index (χ0) is 16.4.